The van der Waals surface area contributed by atoms with Gasteiger partial charge in [-0.1, -0.05) is 0 Å². The summed E-state index contributed by atoms with van der Waals surface area (Å²) >= 11 is 0. The van der Waals surface area contributed by atoms with Crippen LogP contribution in [0.1, 0.15) is 6.92 Å². The molecule has 5 heteroatoms. The molecule has 0 aromatic heterocycles. The molecule has 0 bridgehead atoms. The maximum absolute atomic E-state index is 9.00. The van der Waals surface area contributed by atoms with Crippen molar-refractivity contribution in [2.24, 2.45) is 11.5 Å². The summed E-state index contributed by atoms with van der Waals surface area (Å²) < 4.78 is 0. The molecule has 0 aliphatic rings. The van der Waals surface area contributed by atoms with Gasteiger partial charge >= 0.3 is 0 Å². The SMILES string of the molecule is CC(=O)O.N=C(N)N. The van der Waals surface area contributed by atoms with E-state index in [1.165, 1.54) is 0 Å². The van der Waals surface area contributed by atoms with Gasteiger partial charge in [-0.25, -0.2) is 0 Å². The van der Waals surface area contributed by atoms with Crippen LogP contribution in [-0.4, -0.2) is 17.0 Å². The highest BCUT2D eigenvalue weighted by Crippen LogP contribution is 1.42. The standard InChI is InChI=1S/C2H4O2.CH5N3/c1-2(3)4;2-1(3)4/h1H3,(H,3,4);(H5,2,3,4). The molecule has 0 spiro atoms. The number of hydrogen-bond acceptors (Lipinski definition) is 2. The molecule has 0 saturated heterocycles. The van der Waals surface area contributed by atoms with Gasteiger partial charge < -0.3 is 16.6 Å². The third-order valence-electron chi connectivity index (χ3n) is 0. The van der Waals surface area contributed by atoms with E-state index in [1.807, 2.05) is 0 Å². The molecule has 0 saturated carbocycles. The fourth-order valence-electron chi connectivity index (χ4n) is 0. The van der Waals surface area contributed by atoms with Crippen molar-refractivity contribution in [2.75, 3.05) is 0 Å². The second kappa shape index (κ2) is 5.74. The Hall–Kier alpha value is -1.26. The molecule has 0 aromatic rings. The van der Waals surface area contributed by atoms with E-state index >= 15 is 0 Å². The largest absolute Gasteiger partial charge is 0.481 e. The van der Waals surface area contributed by atoms with Gasteiger partial charge in [0, 0.05) is 6.92 Å². The first kappa shape index (κ1) is 9.88. The average Bonchev–Trinajstić information content (AvgIpc) is 1.25. The molecule has 0 amide bonds. The van der Waals surface area contributed by atoms with Crippen LogP contribution in [0.15, 0.2) is 0 Å². The highest BCUT2D eigenvalue weighted by Gasteiger charge is 1.65. The average molecular weight is 119 g/mol. The van der Waals surface area contributed by atoms with Gasteiger partial charge in [-0.3, -0.25) is 10.2 Å². The molecule has 6 N–H and O–H groups in total. The summed E-state index contributed by atoms with van der Waals surface area (Å²) in [6.45, 7) is 1.08. The first-order chi connectivity index (χ1) is 3.46. The number of nitrogens with two attached hydrogens (primary N) is 2. The van der Waals surface area contributed by atoms with Gasteiger partial charge in [0.05, 0.1) is 0 Å². The molecule has 0 aliphatic heterocycles. The number of aliphatic carboxylic acids is 1. The van der Waals surface area contributed by atoms with E-state index in [2.05, 4.69) is 11.5 Å². The highest BCUT2D eigenvalue weighted by molar-refractivity contribution is 5.71. The number of hydrogen-bond donors (Lipinski definition) is 4. The molecule has 0 rings (SSSR count). The lowest BCUT2D eigenvalue weighted by molar-refractivity contribution is -0.134. The maximum atomic E-state index is 9.00. The molecule has 5 nitrogen and oxygen atoms in total. The molecule has 0 unspecified atom stereocenters. The van der Waals surface area contributed by atoms with E-state index in [0.717, 1.165) is 6.92 Å². The molecule has 8 heavy (non-hydrogen) atoms. The molecule has 48 valence electrons. The Balaban J connectivity index is 0. The van der Waals surface area contributed by atoms with E-state index in [0.29, 0.717) is 0 Å². The Morgan fingerprint density at radius 3 is 1.62 bits per heavy atom. The Kier molecular flexibility index (Phi) is 7.09. The van der Waals surface area contributed by atoms with Gasteiger partial charge in [0.25, 0.3) is 5.97 Å². The molecule has 0 aromatic carbocycles. The van der Waals surface area contributed by atoms with Crippen molar-refractivity contribution in [1.82, 2.24) is 0 Å². The third kappa shape index (κ3) is 41.8. The van der Waals surface area contributed by atoms with Gasteiger partial charge in [0.15, 0.2) is 5.96 Å². The summed E-state index contributed by atoms with van der Waals surface area (Å²) in [5.41, 5.74) is 8.94. The van der Waals surface area contributed by atoms with Crippen LogP contribution in [0.2, 0.25) is 0 Å². The minimum Gasteiger partial charge on any atom is -0.481 e. The van der Waals surface area contributed by atoms with Gasteiger partial charge in [-0.2, -0.15) is 0 Å². The zero-order valence-electron chi connectivity index (χ0n) is 4.51. The first-order valence-electron chi connectivity index (χ1n) is 1.76. The minimum atomic E-state index is -0.833. The van der Waals surface area contributed by atoms with Crippen molar-refractivity contribution in [2.45, 2.75) is 6.92 Å². The van der Waals surface area contributed by atoms with Crippen molar-refractivity contribution in [3.63, 3.8) is 0 Å². The molecule has 0 fully saturated rings. The zero-order valence-corrected chi connectivity index (χ0v) is 4.51. The van der Waals surface area contributed by atoms with E-state index < -0.39 is 5.97 Å². The van der Waals surface area contributed by atoms with Gasteiger partial charge in [-0.15, -0.1) is 0 Å². The number of carbonyl (C=O) groups is 1. The highest BCUT2D eigenvalue weighted by atomic mass is 16.4. The van der Waals surface area contributed by atoms with Crippen LogP contribution in [0.3, 0.4) is 0 Å². The van der Waals surface area contributed by atoms with Crippen LogP contribution >= 0.6 is 0 Å². The fourth-order valence-corrected chi connectivity index (χ4v) is 0. The predicted molar refractivity (Wildman–Crippen MR) is 29.4 cm³/mol. The lowest BCUT2D eigenvalue weighted by atomic mass is 10.9. The number of rotatable bonds is 0. The number of carboxylic acids is 1. The monoisotopic (exact) mass is 119 g/mol. The van der Waals surface area contributed by atoms with Crippen molar-refractivity contribution in [3.8, 4) is 0 Å². The second-order valence-corrected chi connectivity index (χ2v) is 0.974. The van der Waals surface area contributed by atoms with Crippen molar-refractivity contribution >= 4 is 11.9 Å². The first-order valence-corrected chi connectivity index (χ1v) is 1.76. The lowest BCUT2D eigenvalue weighted by Crippen LogP contribution is -2.20. The van der Waals surface area contributed by atoms with Crippen molar-refractivity contribution in [3.05, 3.63) is 0 Å². The van der Waals surface area contributed by atoms with E-state index in [-0.39, 0.29) is 5.96 Å². The summed E-state index contributed by atoms with van der Waals surface area (Å²) in [6, 6.07) is 0. The fraction of sp³-hybridized carbons (Fsp3) is 0.333. The Morgan fingerprint density at radius 2 is 1.62 bits per heavy atom. The Bertz CT molecular complexity index is 70.5. The van der Waals surface area contributed by atoms with Crippen LogP contribution in [-0.2, 0) is 4.79 Å². The van der Waals surface area contributed by atoms with Gasteiger partial charge in [0.2, 0.25) is 0 Å². The topological polar surface area (TPSA) is 113 Å². The molecular weight excluding hydrogens is 110 g/mol. The van der Waals surface area contributed by atoms with Crippen LogP contribution in [0.25, 0.3) is 0 Å². The van der Waals surface area contributed by atoms with Crippen LogP contribution < -0.4 is 11.5 Å². The quantitative estimate of drug-likeness (QED) is 0.240. The van der Waals surface area contributed by atoms with Crippen LogP contribution in [0.5, 0.6) is 0 Å². The van der Waals surface area contributed by atoms with Gasteiger partial charge in [-0.05, 0) is 0 Å². The van der Waals surface area contributed by atoms with Crippen LogP contribution in [0, 0.1) is 5.41 Å². The molecule has 0 radical (unpaired) electrons. The Morgan fingerprint density at radius 1 is 1.62 bits per heavy atom. The predicted octanol–water partition coefficient (Wildman–Crippen LogP) is -1.07. The number of carboxylic acid groups (broad SMARTS) is 1. The number of guanidine groups is 1. The molecule has 0 heterocycles. The zero-order chi connectivity index (χ0) is 7.15. The van der Waals surface area contributed by atoms with E-state index in [4.69, 9.17) is 15.3 Å². The van der Waals surface area contributed by atoms with E-state index in [1.54, 1.807) is 0 Å². The van der Waals surface area contributed by atoms with Crippen LogP contribution in [0.4, 0.5) is 0 Å². The Labute approximate surface area is 46.8 Å². The lowest BCUT2D eigenvalue weighted by Gasteiger charge is -1.69. The van der Waals surface area contributed by atoms with Crippen molar-refractivity contribution in [1.29, 1.82) is 5.41 Å². The number of nitrogens with one attached hydrogen (secondary N) is 1. The summed E-state index contributed by atoms with van der Waals surface area (Å²) in [5.74, 6) is -1.17. The summed E-state index contributed by atoms with van der Waals surface area (Å²) in [5, 5.41) is 13.5. The van der Waals surface area contributed by atoms with Gasteiger partial charge in [0.1, 0.15) is 0 Å². The normalized spacial score (nSPS) is 6.12. The summed E-state index contributed by atoms with van der Waals surface area (Å²) in [7, 11) is 0. The minimum absolute atomic E-state index is 0.333. The third-order valence-corrected chi connectivity index (χ3v) is 0. The van der Waals surface area contributed by atoms with Crippen molar-refractivity contribution < 1.29 is 9.90 Å². The molecule has 0 aliphatic carbocycles. The summed E-state index contributed by atoms with van der Waals surface area (Å²) in [4.78, 5) is 9.00. The molecule has 0 atom stereocenters. The summed E-state index contributed by atoms with van der Waals surface area (Å²) in [6.07, 6.45) is 0. The second-order valence-electron chi connectivity index (χ2n) is 0.974. The smallest absolute Gasteiger partial charge is 0.300 e. The van der Waals surface area contributed by atoms with E-state index in [9.17, 15) is 0 Å². The molecular formula is C3H9N3O2. The maximum Gasteiger partial charge on any atom is 0.300 e.